The van der Waals surface area contributed by atoms with Crippen LogP contribution in [-0.4, -0.2) is 35.4 Å². The number of methoxy groups -OCH3 is 2. The maximum Gasteiger partial charge on any atom is 0.234 e. The number of hydrogen-bond acceptors (Lipinski definition) is 5. The van der Waals surface area contributed by atoms with Crippen molar-refractivity contribution in [2.24, 2.45) is 7.05 Å². The van der Waals surface area contributed by atoms with Crippen LogP contribution >= 0.6 is 11.8 Å². The number of anilines is 1. The Labute approximate surface area is 150 Å². The molecule has 0 bridgehead atoms. The third kappa shape index (κ3) is 3.71. The predicted molar refractivity (Wildman–Crippen MR) is 99.6 cm³/mol. The Morgan fingerprint density at radius 2 is 2.00 bits per heavy atom. The van der Waals surface area contributed by atoms with E-state index in [-0.39, 0.29) is 11.7 Å². The Balaban J connectivity index is 1.67. The van der Waals surface area contributed by atoms with Crippen LogP contribution in [0.5, 0.6) is 11.5 Å². The number of nitrogens with one attached hydrogen (secondary N) is 1. The molecule has 0 spiro atoms. The zero-order valence-electron chi connectivity index (χ0n) is 14.3. The topological polar surface area (TPSA) is 65.4 Å². The number of aromatic nitrogens is 2. The van der Waals surface area contributed by atoms with Gasteiger partial charge in [-0.2, -0.15) is 0 Å². The monoisotopic (exact) mass is 357 g/mol. The maximum absolute atomic E-state index is 12.3. The van der Waals surface area contributed by atoms with Crippen LogP contribution < -0.4 is 14.8 Å². The molecule has 7 heteroatoms. The van der Waals surface area contributed by atoms with Crippen LogP contribution in [0.4, 0.5) is 5.69 Å². The second-order valence-corrected chi connectivity index (χ2v) is 6.29. The van der Waals surface area contributed by atoms with Crippen LogP contribution in [0.15, 0.2) is 47.6 Å². The van der Waals surface area contributed by atoms with E-state index in [4.69, 9.17) is 9.47 Å². The standard InChI is InChI=1S/C18H19N3O3S/c1-21-15-7-5-4-6-13(15)20-18(21)25-11-17(22)19-14-9-8-12(23-2)10-16(14)24-3/h4-10H,11H2,1-3H3,(H,19,22). The smallest absolute Gasteiger partial charge is 0.234 e. The Bertz CT molecular complexity index is 908. The molecule has 0 atom stereocenters. The summed E-state index contributed by atoms with van der Waals surface area (Å²) in [5, 5.41) is 3.66. The number of fused-ring (bicyclic) bond motifs is 1. The van der Waals surface area contributed by atoms with Crippen LogP contribution in [0.3, 0.4) is 0 Å². The molecule has 6 nitrogen and oxygen atoms in total. The summed E-state index contributed by atoms with van der Waals surface area (Å²) in [6.45, 7) is 0. The molecule has 1 heterocycles. The van der Waals surface area contributed by atoms with E-state index in [1.165, 1.54) is 11.8 Å². The van der Waals surface area contributed by atoms with Crippen molar-refractivity contribution in [2.45, 2.75) is 5.16 Å². The summed E-state index contributed by atoms with van der Waals surface area (Å²) >= 11 is 1.40. The van der Waals surface area contributed by atoms with E-state index in [2.05, 4.69) is 10.3 Å². The van der Waals surface area contributed by atoms with Crippen LogP contribution in [0.25, 0.3) is 11.0 Å². The fourth-order valence-electron chi connectivity index (χ4n) is 2.47. The normalized spacial score (nSPS) is 10.7. The quantitative estimate of drug-likeness (QED) is 0.686. The van der Waals surface area contributed by atoms with Crippen LogP contribution in [0, 0.1) is 0 Å². The van der Waals surface area contributed by atoms with Gasteiger partial charge < -0.3 is 19.4 Å². The number of aryl methyl sites for hydroxylation is 1. The molecule has 0 fully saturated rings. The molecule has 0 radical (unpaired) electrons. The number of para-hydroxylation sites is 2. The first-order chi connectivity index (χ1) is 12.1. The first kappa shape index (κ1) is 17.2. The molecule has 0 unspecified atom stereocenters. The number of amides is 1. The average Bonchev–Trinajstić information content (AvgIpc) is 2.96. The zero-order valence-corrected chi connectivity index (χ0v) is 15.1. The van der Waals surface area contributed by atoms with E-state index < -0.39 is 0 Å². The molecular formula is C18H19N3O3S. The molecule has 0 aliphatic rings. The van der Waals surface area contributed by atoms with Gasteiger partial charge in [-0.1, -0.05) is 23.9 Å². The van der Waals surface area contributed by atoms with Crippen LogP contribution in [-0.2, 0) is 11.8 Å². The lowest BCUT2D eigenvalue weighted by atomic mass is 10.2. The van der Waals surface area contributed by atoms with Gasteiger partial charge in [0.2, 0.25) is 5.91 Å². The molecule has 3 aromatic rings. The minimum Gasteiger partial charge on any atom is -0.497 e. The van der Waals surface area contributed by atoms with Crippen LogP contribution in [0.1, 0.15) is 0 Å². The SMILES string of the molecule is COc1ccc(NC(=O)CSc2nc3ccccc3n2C)c(OC)c1. The first-order valence-corrected chi connectivity index (χ1v) is 8.67. The Morgan fingerprint density at radius 3 is 2.72 bits per heavy atom. The van der Waals surface area contributed by atoms with Gasteiger partial charge in [0.15, 0.2) is 5.16 Å². The molecule has 0 aliphatic carbocycles. The lowest BCUT2D eigenvalue weighted by molar-refractivity contribution is -0.113. The van der Waals surface area contributed by atoms with Crippen molar-refractivity contribution in [3.05, 3.63) is 42.5 Å². The zero-order chi connectivity index (χ0) is 17.8. The minimum absolute atomic E-state index is 0.125. The summed E-state index contributed by atoms with van der Waals surface area (Å²) in [4.78, 5) is 16.8. The van der Waals surface area contributed by atoms with Crippen molar-refractivity contribution in [2.75, 3.05) is 25.3 Å². The highest BCUT2D eigenvalue weighted by Crippen LogP contribution is 2.29. The van der Waals surface area contributed by atoms with E-state index in [0.717, 1.165) is 16.2 Å². The third-order valence-corrected chi connectivity index (χ3v) is 4.79. The predicted octanol–water partition coefficient (Wildman–Crippen LogP) is 3.32. The second kappa shape index (κ2) is 7.48. The molecule has 0 saturated heterocycles. The van der Waals surface area contributed by atoms with Crippen molar-refractivity contribution in [1.82, 2.24) is 9.55 Å². The van der Waals surface area contributed by atoms with Crippen molar-refractivity contribution >= 4 is 34.4 Å². The first-order valence-electron chi connectivity index (χ1n) is 7.68. The number of thioether (sulfide) groups is 1. The summed E-state index contributed by atoms with van der Waals surface area (Å²) in [6, 6.07) is 13.2. The average molecular weight is 357 g/mol. The fraction of sp³-hybridized carbons (Fsp3) is 0.222. The van der Waals surface area contributed by atoms with Gasteiger partial charge in [0.05, 0.1) is 36.7 Å². The molecule has 0 aliphatic heterocycles. The third-order valence-electron chi connectivity index (χ3n) is 3.76. The van der Waals surface area contributed by atoms with E-state index in [0.29, 0.717) is 17.2 Å². The number of nitrogens with zero attached hydrogens (tertiary/aromatic N) is 2. The number of imidazole rings is 1. The van der Waals surface area contributed by atoms with Gasteiger partial charge >= 0.3 is 0 Å². The van der Waals surface area contributed by atoms with E-state index in [1.807, 2.05) is 35.9 Å². The van der Waals surface area contributed by atoms with Gasteiger partial charge in [-0.05, 0) is 24.3 Å². The molecule has 3 rings (SSSR count). The van der Waals surface area contributed by atoms with Crippen LogP contribution in [0.2, 0.25) is 0 Å². The number of hydrogen-bond donors (Lipinski definition) is 1. The summed E-state index contributed by atoms with van der Waals surface area (Å²) in [7, 11) is 5.08. The van der Waals surface area contributed by atoms with Gasteiger partial charge in [0.1, 0.15) is 11.5 Å². The Morgan fingerprint density at radius 1 is 1.20 bits per heavy atom. The number of ether oxygens (including phenoxy) is 2. The lowest BCUT2D eigenvalue weighted by Gasteiger charge is -2.11. The van der Waals surface area contributed by atoms with Crippen molar-refractivity contribution in [1.29, 1.82) is 0 Å². The minimum atomic E-state index is -0.125. The van der Waals surface area contributed by atoms with Gasteiger partial charge in [-0.15, -0.1) is 0 Å². The number of benzene rings is 2. The summed E-state index contributed by atoms with van der Waals surface area (Å²) in [6.07, 6.45) is 0. The highest BCUT2D eigenvalue weighted by atomic mass is 32.2. The summed E-state index contributed by atoms with van der Waals surface area (Å²) in [5.41, 5.74) is 2.57. The highest BCUT2D eigenvalue weighted by Gasteiger charge is 2.12. The van der Waals surface area contributed by atoms with Crippen molar-refractivity contribution in [3.63, 3.8) is 0 Å². The fourth-order valence-corrected chi connectivity index (χ4v) is 3.26. The number of carbonyl (C=O) groups is 1. The molecular weight excluding hydrogens is 338 g/mol. The Kier molecular flexibility index (Phi) is 5.14. The molecule has 1 amide bonds. The van der Waals surface area contributed by atoms with Gasteiger partial charge in [0.25, 0.3) is 0 Å². The van der Waals surface area contributed by atoms with Gasteiger partial charge in [-0.3, -0.25) is 4.79 Å². The molecule has 1 aromatic heterocycles. The second-order valence-electron chi connectivity index (χ2n) is 5.35. The van der Waals surface area contributed by atoms with Crippen molar-refractivity contribution in [3.8, 4) is 11.5 Å². The molecule has 0 saturated carbocycles. The van der Waals surface area contributed by atoms with Crippen molar-refractivity contribution < 1.29 is 14.3 Å². The number of rotatable bonds is 6. The lowest BCUT2D eigenvalue weighted by Crippen LogP contribution is -2.15. The molecule has 25 heavy (non-hydrogen) atoms. The highest BCUT2D eigenvalue weighted by molar-refractivity contribution is 7.99. The van der Waals surface area contributed by atoms with E-state index in [1.54, 1.807) is 32.4 Å². The largest absolute Gasteiger partial charge is 0.497 e. The molecule has 2 aromatic carbocycles. The van der Waals surface area contributed by atoms with Gasteiger partial charge in [-0.25, -0.2) is 4.98 Å². The maximum atomic E-state index is 12.3. The summed E-state index contributed by atoms with van der Waals surface area (Å²) < 4.78 is 12.4. The van der Waals surface area contributed by atoms with E-state index >= 15 is 0 Å². The number of carbonyl (C=O) groups excluding carboxylic acids is 1. The summed E-state index contributed by atoms with van der Waals surface area (Å²) in [5.74, 6) is 1.36. The Hall–Kier alpha value is -2.67. The van der Waals surface area contributed by atoms with E-state index in [9.17, 15) is 4.79 Å². The molecule has 1 N–H and O–H groups in total. The van der Waals surface area contributed by atoms with Gasteiger partial charge in [0, 0.05) is 13.1 Å². The molecule has 130 valence electrons.